The second-order valence-corrected chi connectivity index (χ2v) is 14.6. The summed E-state index contributed by atoms with van der Waals surface area (Å²) < 4.78 is 18.3. The lowest BCUT2D eigenvalue weighted by Gasteiger charge is -2.29. The Morgan fingerprint density at radius 1 is 1.04 bits per heavy atom. The van der Waals surface area contributed by atoms with Crippen LogP contribution in [0.25, 0.3) is 21.6 Å². The highest BCUT2D eigenvalue weighted by molar-refractivity contribution is 7.17. The summed E-state index contributed by atoms with van der Waals surface area (Å²) in [5.74, 6) is -0.966. The lowest BCUT2D eigenvalue weighted by Crippen LogP contribution is -2.56. The maximum Gasteiger partial charge on any atom is 0.408 e. The fourth-order valence-corrected chi connectivity index (χ4v) is 8.28. The number of rotatable bonds is 6. The van der Waals surface area contributed by atoms with Gasteiger partial charge in [-0.25, -0.2) is 14.6 Å². The molecule has 5 atom stereocenters. The molecule has 3 aromatic heterocycles. The van der Waals surface area contributed by atoms with Crippen LogP contribution >= 0.6 is 11.3 Å². The summed E-state index contributed by atoms with van der Waals surface area (Å²) in [6.07, 6.45) is 12.3. The van der Waals surface area contributed by atoms with Crippen LogP contribution in [0.1, 0.15) is 70.6 Å². The van der Waals surface area contributed by atoms with E-state index in [1.54, 1.807) is 6.20 Å². The molecule has 3 aromatic rings. The first kappa shape index (κ1) is 34.0. The lowest BCUT2D eigenvalue weighted by atomic mass is 10.0. The van der Waals surface area contributed by atoms with Crippen molar-refractivity contribution in [2.75, 3.05) is 13.7 Å². The largest absolute Gasteiger partial charge is 0.487 e. The molecule has 1 saturated heterocycles. The van der Waals surface area contributed by atoms with Crippen LogP contribution in [0.2, 0.25) is 0 Å². The van der Waals surface area contributed by atoms with Crippen molar-refractivity contribution in [3.8, 4) is 17.1 Å². The zero-order valence-corrected chi connectivity index (χ0v) is 29.0. The summed E-state index contributed by atoms with van der Waals surface area (Å²) in [5, 5.41) is 7.77. The van der Waals surface area contributed by atoms with Crippen molar-refractivity contribution in [1.29, 1.82) is 0 Å². The maximum atomic E-state index is 14.5. The Bertz CT molecular complexity index is 1760. The second kappa shape index (κ2) is 14.8. The van der Waals surface area contributed by atoms with Crippen molar-refractivity contribution >= 4 is 45.4 Å². The monoisotopic (exact) mass is 701 g/mol. The highest BCUT2D eigenvalue weighted by atomic mass is 32.1. The van der Waals surface area contributed by atoms with E-state index in [-0.39, 0.29) is 30.9 Å². The van der Waals surface area contributed by atoms with Gasteiger partial charge in [0.05, 0.1) is 35.3 Å². The average Bonchev–Trinajstić information content (AvgIpc) is 3.58. The number of thiophene rings is 1. The molecule has 264 valence electrons. The standard InChI is InChI=1S/C37H43N5O7S/c1-47-35(45)37-21-23(37)11-5-3-2-4-6-15-28(40-36(46)49-24-12-7-8-13-24)34(44)42-22-25(19-30(42)33(43)41-37)48-31-20-29(26-14-9-10-17-38-26)39-27-16-18-50-32(27)31/h5,9-11,14,16-18,20,23-25,28,30H,2-4,6-8,12-13,15,19,21-22H2,1H3,(H,40,46)(H,41,43)/b11-5-/t23-,25-,28+,30+,37-/m1/s1. The number of nitrogens with zero attached hydrogens (tertiary/aromatic N) is 3. The van der Waals surface area contributed by atoms with Crippen LogP contribution < -0.4 is 15.4 Å². The lowest BCUT2D eigenvalue weighted by molar-refractivity contribution is -0.148. The van der Waals surface area contributed by atoms with Gasteiger partial charge < -0.3 is 29.7 Å². The Kier molecular flexibility index (Phi) is 10.0. The van der Waals surface area contributed by atoms with Crippen LogP contribution in [-0.4, -0.2) is 82.2 Å². The number of fused-ring (bicyclic) bond motifs is 3. The van der Waals surface area contributed by atoms with Gasteiger partial charge in [-0.2, -0.15) is 0 Å². The van der Waals surface area contributed by atoms with E-state index in [2.05, 4.69) is 15.6 Å². The number of methoxy groups -OCH3 is 1. The first-order valence-corrected chi connectivity index (χ1v) is 18.5. The Morgan fingerprint density at radius 3 is 2.68 bits per heavy atom. The summed E-state index contributed by atoms with van der Waals surface area (Å²) in [6.45, 7) is 0.107. The molecule has 2 saturated carbocycles. The summed E-state index contributed by atoms with van der Waals surface area (Å²) >= 11 is 1.49. The van der Waals surface area contributed by atoms with Gasteiger partial charge >= 0.3 is 12.1 Å². The minimum absolute atomic E-state index is 0.107. The van der Waals surface area contributed by atoms with Crippen molar-refractivity contribution in [1.82, 2.24) is 25.5 Å². The molecule has 2 N–H and O–H groups in total. The predicted octanol–water partition coefficient (Wildman–Crippen LogP) is 5.31. The van der Waals surface area contributed by atoms with Gasteiger partial charge in [-0.15, -0.1) is 11.3 Å². The Balaban J connectivity index is 1.18. The van der Waals surface area contributed by atoms with Gasteiger partial charge in [0.1, 0.15) is 35.6 Å². The molecule has 5 heterocycles. The van der Waals surface area contributed by atoms with E-state index >= 15 is 0 Å². The normalized spacial score (nSPS) is 28.1. The number of amides is 3. The Labute approximate surface area is 295 Å². The van der Waals surface area contributed by atoms with Crippen LogP contribution in [0.5, 0.6) is 5.75 Å². The van der Waals surface area contributed by atoms with Crippen molar-refractivity contribution in [3.63, 3.8) is 0 Å². The molecule has 4 aliphatic rings. The molecular weight excluding hydrogens is 659 g/mol. The van der Waals surface area contributed by atoms with Crippen LogP contribution in [-0.2, 0) is 23.9 Å². The third-order valence-electron chi connectivity index (χ3n) is 10.3. The van der Waals surface area contributed by atoms with Crippen molar-refractivity contribution < 1.29 is 33.4 Å². The van der Waals surface area contributed by atoms with Gasteiger partial charge in [-0.1, -0.05) is 31.1 Å². The van der Waals surface area contributed by atoms with Gasteiger partial charge in [0, 0.05) is 24.6 Å². The fraction of sp³-hybridized carbons (Fsp3) is 0.514. The molecule has 0 unspecified atom stereocenters. The van der Waals surface area contributed by atoms with E-state index in [0.717, 1.165) is 55.2 Å². The molecular formula is C37H43N5O7S. The summed E-state index contributed by atoms with van der Waals surface area (Å²) in [4.78, 5) is 65.5. The van der Waals surface area contributed by atoms with E-state index in [4.69, 9.17) is 19.2 Å². The quantitative estimate of drug-likeness (QED) is 0.258. The number of carbonyl (C=O) groups is 4. The third-order valence-corrected chi connectivity index (χ3v) is 11.2. The van der Waals surface area contributed by atoms with Crippen LogP contribution in [0, 0.1) is 5.92 Å². The van der Waals surface area contributed by atoms with Crippen LogP contribution in [0.3, 0.4) is 0 Å². The first-order chi connectivity index (χ1) is 24.3. The van der Waals surface area contributed by atoms with E-state index in [1.807, 2.05) is 47.9 Å². The molecule has 0 bridgehead atoms. The number of alkyl carbamates (subject to hydrolysis) is 1. The number of hydrogen-bond donors (Lipinski definition) is 2. The second-order valence-electron chi connectivity index (χ2n) is 13.7. The van der Waals surface area contributed by atoms with Gasteiger partial charge in [-0.05, 0) is 74.9 Å². The van der Waals surface area contributed by atoms with E-state index < -0.39 is 41.7 Å². The molecule has 12 nitrogen and oxygen atoms in total. The summed E-state index contributed by atoms with van der Waals surface area (Å²) in [6, 6.07) is 7.54. The number of ether oxygens (including phenoxy) is 3. The van der Waals surface area contributed by atoms with Gasteiger partial charge in [0.15, 0.2) is 0 Å². The van der Waals surface area contributed by atoms with Gasteiger partial charge in [0.2, 0.25) is 11.8 Å². The number of allylic oxidation sites excluding steroid dienone is 1. The summed E-state index contributed by atoms with van der Waals surface area (Å²) in [5.41, 5.74) is 0.905. The minimum Gasteiger partial charge on any atom is -0.487 e. The minimum atomic E-state index is -1.19. The highest BCUT2D eigenvalue weighted by Crippen LogP contribution is 2.46. The zero-order valence-electron chi connectivity index (χ0n) is 28.2. The maximum absolute atomic E-state index is 14.5. The smallest absolute Gasteiger partial charge is 0.408 e. The Hall–Kier alpha value is -4.52. The number of aromatic nitrogens is 2. The van der Waals surface area contributed by atoms with Crippen molar-refractivity contribution in [2.24, 2.45) is 5.92 Å². The SMILES string of the molecule is COC(=O)[C@@]12C[C@H]1/C=C\CCCCC[C@H](NC(=O)OC1CCCC1)C(=O)N1C[C@H](Oc3cc(-c4ccccn4)nc4ccsc34)C[C@H]1C(=O)N2. The molecule has 0 spiro atoms. The number of carbonyl (C=O) groups excluding carboxylic acids is 4. The zero-order chi connectivity index (χ0) is 34.7. The number of esters is 1. The fourth-order valence-electron chi connectivity index (χ4n) is 7.49. The van der Waals surface area contributed by atoms with Crippen molar-refractivity contribution in [2.45, 2.75) is 100 Å². The predicted molar refractivity (Wildman–Crippen MR) is 186 cm³/mol. The van der Waals surface area contributed by atoms with Crippen LogP contribution in [0.15, 0.2) is 54.1 Å². The first-order valence-electron chi connectivity index (χ1n) is 17.7. The van der Waals surface area contributed by atoms with E-state index in [1.165, 1.54) is 23.3 Å². The molecule has 3 fully saturated rings. The van der Waals surface area contributed by atoms with Crippen molar-refractivity contribution in [3.05, 3.63) is 54.1 Å². The number of pyridine rings is 2. The average molecular weight is 702 g/mol. The summed E-state index contributed by atoms with van der Waals surface area (Å²) in [7, 11) is 1.31. The molecule has 0 aromatic carbocycles. The molecule has 13 heteroatoms. The third kappa shape index (κ3) is 7.19. The Morgan fingerprint density at radius 2 is 1.88 bits per heavy atom. The highest BCUT2D eigenvalue weighted by Gasteiger charge is 2.62. The number of nitrogens with one attached hydrogen (secondary N) is 2. The van der Waals surface area contributed by atoms with Gasteiger partial charge in [0.25, 0.3) is 0 Å². The topological polar surface area (TPSA) is 149 Å². The number of hydrogen-bond acceptors (Lipinski definition) is 10. The molecule has 3 amide bonds. The van der Waals surface area contributed by atoms with Crippen LogP contribution in [0.4, 0.5) is 4.79 Å². The molecule has 2 aliphatic heterocycles. The molecule has 50 heavy (non-hydrogen) atoms. The van der Waals surface area contributed by atoms with Gasteiger partial charge in [-0.3, -0.25) is 14.6 Å². The van der Waals surface area contributed by atoms with E-state index in [0.29, 0.717) is 36.4 Å². The molecule has 2 aliphatic carbocycles. The van der Waals surface area contributed by atoms with E-state index in [9.17, 15) is 19.2 Å². The molecule has 7 rings (SSSR count). The molecule has 0 radical (unpaired) electrons.